The summed E-state index contributed by atoms with van der Waals surface area (Å²) in [6.45, 7) is 7.93. The van der Waals surface area contributed by atoms with Crippen LogP contribution in [0.3, 0.4) is 0 Å². The van der Waals surface area contributed by atoms with E-state index < -0.39 is 0 Å². The lowest BCUT2D eigenvalue weighted by Crippen LogP contribution is -2.48. The Kier molecular flexibility index (Phi) is 5.05. The van der Waals surface area contributed by atoms with Crippen molar-refractivity contribution in [3.8, 4) is 11.4 Å². The Bertz CT molecular complexity index is 1200. The first kappa shape index (κ1) is 20.6. The van der Waals surface area contributed by atoms with Gasteiger partial charge >= 0.3 is 0 Å². The summed E-state index contributed by atoms with van der Waals surface area (Å²) in [6.07, 6.45) is 3.45. The van der Waals surface area contributed by atoms with Crippen molar-refractivity contribution in [2.75, 3.05) is 44.3 Å². The second kappa shape index (κ2) is 8.09. The third-order valence-electron chi connectivity index (χ3n) is 7.15. The van der Waals surface area contributed by atoms with Crippen LogP contribution in [0.2, 0.25) is 0 Å². The van der Waals surface area contributed by atoms with Crippen molar-refractivity contribution in [2.24, 2.45) is 0 Å². The molecule has 1 amide bonds. The second-order valence-electron chi connectivity index (χ2n) is 9.44. The monoisotopic (exact) mass is 446 g/mol. The van der Waals surface area contributed by atoms with E-state index in [4.69, 9.17) is 19.7 Å². The highest BCUT2D eigenvalue weighted by molar-refractivity contribution is 5.88. The van der Waals surface area contributed by atoms with Crippen LogP contribution < -0.4 is 4.90 Å². The van der Waals surface area contributed by atoms with E-state index >= 15 is 0 Å². The van der Waals surface area contributed by atoms with Crippen LogP contribution in [-0.2, 0) is 9.53 Å². The first-order valence-corrected chi connectivity index (χ1v) is 12.0. The summed E-state index contributed by atoms with van der Waals surface area (Å²) in [6, 6.07) is 8.91. The molecule has 1 saturated carbocycles. The molecule has 0 spiro atoms. The number of aromatic nitrogens is 4. The van der Waals surface area contributed by atoms with E-state index in [1.807, 2.05) is 11.8 Å². The van der Waals surface area contributed by atoms with Gasteiger partial charge in [0.25, 0.3) is 0 Å². The van der Waals surface area contributed by atoms with Gasteiger partial charge in [0.1, 0.15) is 11.6 Å². The number of hydrogen-bond acceptors (Lipinski definition) is 6. The third kappa shape index (κ3) is 3.66. The lowest BCUT2D eigenvalue weighted by atomic mass is 10.0. The van der Waals surface area contributed by atoms with E-state index in [1.54, 1.807) is 6.92 Å². The molecule has 1 aliphatic carbocycles. The van der Waals surface area contributed by atoms with E-state index in [9.17, 15) is 4.79 Å². The van der Waals surface area contributed by atoms with Gasteiger partial charge in [-0.15, -0.1) is 0 Å². The third-order valence-corrected chi connectivity index (χ3v) is 7.15. The molecule has 2 saturated heterocycles. The van der Waals surface area contributed by atoms with Gasteiger partial charge in [0.05, 0.1) is 12.6 Å². The van der Waals surface area contributed by atoms with Crippen molar-refractivity contribution in [3.05, 3.63) is 35.7 Å². The summed E-state index contributed by atoms with van der Waals surface area (Å²) in [7, 11) is 0. The number of carbonyl (C=O) groups is 1. The number of carbonyl (C=O) groups excluding carboxylic acids is 1. The molecular formula is C25H30N6O2. The summed E-state index contributed by atoms with van der Waals surface area (Å²) in [5, 5.41) is 0. The highest BCUT2D eigenvalue weighted by Gasteiger charge is 2.32. The highest BCUT2D eigenvalue weighted by Crippen LogP contribution is 2.45. The number of aryl methyl sites for hydroxylation is 1. The predicted octanol–water partition coefficient (Wildman–Crippen LogP) is 3.31. The molecule has 3 fully saturated rings. The Labute approximate surface area is 193 Å². The number of nitrogens with zero attached hydrogens (tertiary/aromatic N) is 6. The number of hydrogen-bond donors (Lipinski definition) is 0. The van der Waals surface area contributed by atoms with Gasteiger partial charge in [-0.3, -0.25) is 4.79 Å². The molecule has 2 aromatic heterocycles. The molecule has 8 heteroatoms. The van der Waals surface area contributed by atoms with Crippen LogP contribution >= 0.6 is 0 Å². The predicted molar refractivity (Wildman–Crippen MR) is 126 cm³/mol. The number of amides is 1. The van der Waals surface area contributed by atoms with Crippen molar-refractivity contribution in [1.29, 1.82) is 0 Å². The molecule has 2 aliphatic heterocycles. The van der Waals surface area contributed by atoms with E-state index in [1.165, 1.54) is 24.0 Å². The number of anilines is 1. The van der Waals surface area contributed by atoms with Crippen LogP contribution in [0.5, 0.6) is 0 Å². The first-order chi connectivity index (χ1) is 16.1. The quantitative estimate of drug-likeness (QED) is 0.612. The maximum Gasteiger partial charge on any atom is 0.219 e. The Morgan fingerprint density at radius 2 is 1.82 bits per heavy atom. The molecule has 3 aromatic rings. The van der Waals surface area contributed by atoms with E-state index in [2.05, 4.69) is 33.7 Å². The summed E-state index contributed by atoms with van der Waals surface area (Å²) in [5.74, 6) is 3.35. The lowest BCUT2D eigenvalue weighted by molar-refractivity contribution is -0.129. The fourth-order valence-electron chi connectivity index (χ4n) is 5.23. The maximum absolute atomic E-state index is 11.8. The molecule has 33 heavy (non-hydrogen) atoms. The standard InChI is InChI=1S/C25H30N6O2/c1-16-26-24(30-12-10-29(11-13-30)17(2)32)22-25(27-16)31(19-9-14-33-15-19)23(28-22)21-6-4-3-5-20(21)18-7-8-18/h3-6,18-19H,7-15H2,1-2H3/t19-/m0/s1. The molecule has 8 nitrogen and oxygen atoms in total. The summed E-state index contributed by atoms with van der Waals surface area (Å²) < 4.78 is 8.09. The fraction of sp³-hybridized carbons (Fsp3) is 0.520. The minimum absolute atomic E-state index is 0.128. The Hall–Kier alpha value is -3.00. The molecule has 1 atom stereocenters. The summed E-state index contributed by atoms with van der Waals surface area (Å²) in [5.41, 5.74) is 4.33. The molecule has 3 aliphatic rings. The molecule has 0 radical (unpaired) electrons. The van der Waals surface area contributed by atoms with Crippen LogP contribution in [-0.4, -0.2) is 69.7 Å². The van der Waals surface area contributed by atoms with Gasteiger partial charge in [0.2, 0.25) is 5.91 Å². The number of fused-ring (bicyclic) bond motifs is 1. The largest absolute Gasteiger partial charge is 0.379 e. The summed E-state index contributed by atoms with van der Waals surface area (Å²) >= 11 is 0. The van der Waals surface area contributed by atoms with Crippen molar-refractivity contribution in [3.63, 3.8) is 0 Å². The van der Waals surface area contributed by atoms with E-state index in [0.717, 1.165) is 54.7 Å². The van der Waals surface area contributed by atoms with Crippen LogP contribution in [0.15, 0.2) is 24.3 Å². The number of rotatable bonds is 4. The average Bonchev–Trinajstić information content (AvgIpc) is 3.40. The van der Waals surface area contributed by atoms with Crippen LogP contribution in [0.4, 0.5) is 5.82 Å². The minimum atomic E-state index is 0.128. The molecular weight excluding hydrogens is 416 g/mol. The van der Waals surface area contributed by atoms with Crippen LogP contribution in [0.1, 0.15) is 49.5 Å². The van der Waals surface area contributed by atoms with Gasteiger partial charge in [-0.05, 0) is 37.7 Å². The maximum atomic E-state index is 11.8. The zero-order valence-electron chi connectivity index (χ0n) is 19.3. The molecule has 0 unspecified atom stereocenters. The number of ether oxygens (including phenoxy) is 1. The Morgan fingerprint density at radius 1 is 1.03 bits per heavy atom. The molecule has 0 bridgehead atoms. The molecule has 4 heterocycles. The van der Waals surface area contributed by atoms with Crippen molar-refractivity contribution in [2.45, 2.75) is 45.1 Å². The molecule has 6 rings (SSSR count). The van der Waals surface area contributed by atoms with E-state index in [-0.39, 0.29) is 11.9 Å². The van der Waals surface area contributed by atoms with Crippen molar-refractivity contribution >= 4 is 22.9 Å². The topological polar surface area (TPSA) is 76.4 Å². The first-order valence-electron chi connectivity index (χ1n) is 12.0. The van der Waals surface area contributed by atoms with Gasteiger partial charge in [0, 0.05) is 45.3 Å². The smallest absolute Gasteiger partial charge is 0.219 e. The highest BCUT2D eigenvalue weighted by atomic mass is 16.5. The molecule has 0 N–H and O–H groups in total. The zero-order chi connectivity index (χ0) is 22.5. The second-order valence-corrected chi connectivity index (χ2v) is 9.44. The van der Waals surface area contributed by atoms with Crippen LogP contribution in [0.25, 0.3) is 22.6 Å². The molecule has 172 valence electrons. The normalized spacial score (nSPS) is 21.2. The van der Waals surface area contributed by atoms with Crippen LogP contribution in [0, 0.1) is 6.92 Å². The van der Waals surface area contributed by atoms with Crippen molar-refractivity contribution in [1.82, 2.24) is 24.4 Å². The number of piperazine rings is 1. The van der Waals surface area contributed by atoms with Gasteiger partial charge < -0.3 is 19.1 Å². The van der Waals surface area contributed by atoms with Gasteiger partial charge in [-0.25, -0.2) is 15.0 Å². The molecule has 1 aromatic carbocycles. The Morgan fingerprint density at radius 3 is 2.52 bits per heavy atom. The summed E-state index contributed by atoms with van der Waals surface area (Å²) in [4.78, 5) is 30.9. The van der Waals surface area contributed by atoms with Gasteiger partial charge in [-0.1, -0.05) is 24.3 Å². The number of imidazole rings is 1. The lowest BCUT2D eigenvalue weighted by Gasteiger charge is -2.35. The van der Waals surface area contributed by atoms with Crippen molar-refractivity contribution < 1.29 is 9.53 Å². The van der Waals surface area contributed by atoms with Gasteiger partial charge in [0.15, 0.2) is 17.0 Å². The average molecular weight is 447 g/mol. The number of benzene rings is 1. The fourth-order valence-corrected chi connectivity index (χ4v) is 5.23. The zero-order valence-corrected chi connectivity index (χ0v) is 19.3. The van der Waals surface area contributed by atoms with Gasteiger partial charge in [-0.2, -0.15) is 0 Å². The Balaban J connectivity index is 1.51. The van der Waals surface area contributed by atoms with E-state index in [0.29, 0.717) is 25.6 Å². The SMILES string of the molecule is CC(=O)N1CCN(c2nc(C)nc3c2nc(-c2ccccc2C2CC2)n3[C@H]2CCOC2)CC1. The minimum Gasteiger partial charge on any atom is -0.379 e.